The maximum absolute atomic E-state index is 11.3. The smallest absolute Gasteiger partial charge is 0.405 e. The van der Waals surface area contributed by atoms with E-state index in [0.29, 0.717) is 18.4 Å². The minimum absolute atomic E-state index is 0.0242. The fourth-order valence-corrected chi connectivity index (χ4v) is 5.47. The summed E-state index contributed by atoms with van der Waals surface area (Å²) in [5, 5.41) is 11.3. The van der Waals surface area contributed by atoms with Gasteiger partial charge in [0, 0.05) is 18.2 Å². The molecule has 1 N–H and O–H groups in total. The summed E-state index contributed by atoms with van der Waals surface area (Å²) in [5.74, 6) is 1.02. The van der Waals surface area contributed by atoms with Crippen LogP contribution in [-0.4, -0.2) is 30.0 Å². The highest BCUT2D eigenvalue weighted by atomic mass is 16.8. The zero-order valence-corrected chi connectivity index (χ0v) is 17.3. The van der Waals surface area contributed by atoms with E-state index < -0.39 is 12.8 Å². The molecule has 3 atom stereocenters. The van der Waals surface area contributed by atoms with Gasteiger partial charge in [-0.25, -0.2) is 0 Å². The second-order valence-electron chi connectivity index (χ2n) is 9.23. The van der Waals surface area contributed by atoms with Gasteiger partial charge in [0.15, 0.2) is 0 Å². The predicted octanol–water partition coefficient (Wildman–Crippen LogP) is 5.01. The Morgan fingerprint density at radius 2 is 1.39 bits per heavy atom. The predicted molar refractivity (Wildman–Crippen MR) is 112 cm³/mol. The minimum Gasteiger partial charge on any atom is -0.558 e. The van der Waals surface area contributed by atoms with Crippen molar-refractivity contribution < 1.29 is 19.1 Å². The van der Waals surface area contributed by atoms with Crippen LogP contribution in [0.5, 0.6) is 0 Å². The summed E-state index contributed by atoms with van der Waals surface area (Å²) in [5.41, 5.74) is 1.10. The average molecular weight is 387 g/mol. The number of rotatable bonds is 6. The molecule has 0 amide bonds. The van der Waals surface area contributed by atoms with Crippen LogP contribution < -0.4 is 0 Å². The SMILES string of the molecule is C[C@H](OCc1ccccc1)[B-]1(O)O[C@H](C2CCCCC2)[C@@H](C2CCCCC2)O1. The molecule has 4 rings (SSSR count). The highest BCUT2D eigenvalue weighted by Crippen LogP contribution is 2.43. The average Bonchev–Trinajstić information content (AvgIpc) is 3.13. The van der Waals surface area contributed by atoms with E-state index in [4.69, 9.17) is 14.0 Å². The summed E-state index contributed by atoms with van der Waals surface area (Å²) in [6.07, 6.45) is 12.6. The van der Waals surface area contributed by atoms with E-state index >= 15 is 0 Å². The molecular weight excluding hydrogens is 351 g/mol. The number of hydrogen-bond acceptors (Lipinski definition) is 4. The van der Waals surface area contributed by atoms with E-state index in [-0.39, 0.29) is 12.2 Å². The van der Waals surface area contributed by atoms with Crippen molar-refractivity contribution in [3.05, 3.63) is 35.9 Å². The fourth-order valence-electron chi connectivity index (χ4n) is 5.47. The van der Waals surface area contributed by atoms with Gasteiger partial charge in [-0.15, -0.1) is 0 Å². The van der Waals surface area contributed by atoms with Crippen LogP contribution in [0.15, 0.2) is 30.3 Å². The van der Waals surface area contributed by atoms with Crippen molar-refractivity contribution in [2.75, 3.05) is 0 Å². The normalized spacial score (nSPS) is 30.4. The third kappa shape index (κ3) is 4.64. The number of hydrogen-bond donors (Lipinski definition) is 1. The molecule has 156 valence electrons. The molecule has 0 aromatic heterocycles. The Kier molecular flexibility index (Phi) is 6.77. The monoisotopic (exact) mass is 387 g/mol. The summed E-state index contributed by atoms with van der Waals surface area (Å²) in [6, 6.07) is 9.61. The van der Waals surface area contributed by atoms with Crippen LogP contribution in [0.25, 0.3) is 0 Å². The van der Waals surface area contributed by atoms with Gasteiger partial charge in [0.1, 0.15) is 0 Å². The van der Waals surface area contributed by atoms with E-state index in [9.17, 15) is 5.02 Å². The van der Waals surface area contributed by atoms with Crippen molar-refractivity contribution in [1.29, 1.82) is 0 Å². The lowest BCUT2D eigenvalue weighted by atomic mass is 9.72. The molecule has 1 aromatic rings. The maximum atomic E-state index is 11.3. The molecule has 1 heterocycles. The van der Waals surface area contributed by atoms with Crippen molar-refractivity contribution in [1.82, 2.24) is 0 Å². The lowest BCUT2D eigenvalue weighted by Crippen LogP contribution is -2.51. The zero-order valence-electron chi connectivity index (χ0n) is 17.3. The molecule has 1 saturated heterocycles. The van der Waals surface area contributed by atoms with Crippen molar-refractivity contribution in [2.45, 2.75) is 96.0 Å². The van der Waals surface area contributed by atoms with Gasteiger partial charge >= 0.3 is 6.75 Å². The molecule has 3 fully saturated rings. The number of ether oxygens (including phenoxy) is 1. The van der Waals surface area contributed by atoms with E-state index in [1.807, 2.05) is 37.3 Å². The first-order valence-electron chi connectivity index (χ1n) is 11.5. The van der Waals surface area contributed by atoms with Crippen LogP contribution in [-0.2, 0) is 20.7 Å². The van der Waals surface area contributed by atoms with Crippen LogP contribution in [0.1, 0.15) is 76.7 Å². The Morgan fingerprint density at radius 3 is 1.89 bits per heavy atom. The topological polar surface area (TPSA) is 47.9 Å². The molecule has 0 spiro atoms. The Hall–Kier alpha value is -0.875. The molecule has 2 aliphatic carbocycles. The van der Waals surface area contributed by atoms with Crippen LogP contribution >= 0.6 is 0 Å². The molecule has 0 radical (unpaired) electrons. The molecule has 5 heteroatoms. The first-order chi connectivity index (χ1) is 13.7. The minimum atomic E-state index is -2.41. The van der Waals surface area contributed by atoms with Gasteiger partial charge < -0.3 is 19.1 Å². The van der Waals surface area contributed by atoms with Gasteiger partial charge in [-0.05, 0) is 43.1 Å². The number of benzene rings is 1. The zero-order chi connectivity index (χ0) is 19.4. The van der Waals surface area contributed by atoms with Crippen LogP contribution in [0.4, 0.5) is 0 Å². The standard InChI is InChI=1S/C23H36BO4/c1-18(26-17-19-11-5-2-6-12-19)24(25)27-22(20-13-7-3-8-14-20)23(28-24)21-15-9-4-10-16-21/h2,5-6,11-12,18,20-23,25H,3-4,7-10,13-17H2,1H3/q-1/t18-,22+,23+/m0/s1. The molecule has 2 saturated carbocycles. The molecular formula is C23H36BO4-. The first-order valence-corrected chi connectivity index (χ1v) is 11.5. The van der Waals surface area contributed by atoms with Crippen molar-refractivity contribution >= 4 is 6.75 Å². The van der Waals surface area contributed by atoms with Gasteiger partial charge in [0.2, 0.25) is 0 Å². The van der Waals surface area contributed by atoms with E-state index in [2.05, 4.69) is 0 Å². The lowest BCUT2D eigenvalue weighted by Gasteiger charge is -2.38. The van der Waals surface area contributed by atoms with E-state index in [1.165, 1.54) is 64.2 Å². The van der Waals surface area contributed by atoms with Crippen molar-refractivity contribution in [2.24, 2.45) is 11.8 Å². The maximum Gasteiger partial charge on any atom is 0.405 e. The molecule has 0 unspecified atom stereocenters. The Labute approximate surface area is 170 Å². The van der Waals surface area contributed by atoms with Gasteiger partial charge in [-0.1, -0.05) is 75.8 Å². The lowest BCUT2D eigenvalue weighted by molar-refractivity contribution is 0.0296. The highest BCUT2D eigenvalue weighted by molar-refractivity contribution is 6.61. The highest BCUT2D eigenvalue weighted by Gasteiger charge is 2.50. The summed E-state index contributed by atoms with van der Waals surface area (Å²) in [4.78, 5) is 0. The quantitative estimate of drug-likeness (QED) is 0.698. The molecule has 4 nitrogen and oxygen atoms in total. The van der Waals surface area contributed by atoms with Gasteiger partial charge in [0.25, 0.3) is 0 Å². The molecule has 3 aliphatic rings. The fraction of sp³-hybridized carbons (Fsp3) is 0.739. The Balaban J connectivity index is 1.45. The van der Waals surface area contributed by atoms with Gasteiger partial charge in [-0.2, -0.15) is 0 Å². The summed E-state index contributed by atoms with van der Waals surface area (Å²) in [7, 11) is 0. The molecule has 1 aromatic carbocycles. The second kappa shape index (κ2) is 9.29. The third-order valence-corrected chi connectivity index (χ3v) is 7.21. The Morgan fingerprint density at radius 1 is 0.893 bits per heavy atom. The molecule has 1 aliphatic heterocycles. The summed E-state index contributed by atoms with van der Waals surface area (Å²) >= 11 is 0. The molecule has 0 bridgehead atoms. The van der Waals surface area contributed by atoms with Crippen LogP contribution in [0.3, 0.4) is 0 Å². The van der Waals surface area contributed by atoms with Crippen LogP contribution in [0.2, 0.25) is 0 Å². The molecule has 28 heavy (non-hydrogen) atoms. The third-order valence-electron chi connectivity index (χ3n) is 7.21. The Bertz CT molecular complexity index is 572. The summed E-state index contributed by atoms with van der Waals surface area (Å²) < 4.78 is 18.8. The largest absolute Gasteiger partial charge is 0.558 e. The van der Waals surface area contributed by atoms with Gasteiger partial charge in [-0.3, -0.25) is 0 Å². The van der Waals surface area contributed by atoms with E-state index in [0.717, 1.165) is 5.56 Å². The first kappa shape index (κ1) is 20.4. The van der Waals surface area contributed by atoms with Crippen molar-refractivity contribution in [3.8, 4) is 0 Å². The van der Waals surface area contributed by atoms with E-state index in [1.54, 1.807) is 0 Å². The van der Waals surface area contributed by atoms with Crippen LogP contribution in [0, 0.1) is 11.8 Å². The van der Waals surface area contributed by atoms with Gasteiger partial charge in [0.05, 0.1) is 6.61 Å². The van der Waals surface area contributed by atoms with Crippen molar-refractivity contribution in [3.63, 3.8) is 0 Å². The summed E-state index contributed by atoms with van der Waals surface area (Å²) in [6.45, 7) is -0.0616. The second-order valence-corrected chi connectivity index (χ2v) is 9.23.